The van der Waals surface area contributed by atoms with Crippen LogP contribution in [0.3, 0.4) is 0 Å². The van der Waals surface area contributed by atoms with Crippen molar-refractivity contribution in [2.75, 3.05) is 19.6 Å². The second kappa shape index (κ2) is 12.8. The number of fused-ring (bicyclic) bond motifs is 1. The number of rotatable bonds is 9. The van der Waals surface area contributed by atoms with Crippen molar-refractivity contribution in [1.82, 2.24) is 30.4 Å². The monoisotopic (exact) mass is 549 g/mol. The molecule has 0 radical (unpaired) electrons. The summed E-state index contributed by atoms with van der Waals surface area (Å²) in [5.41, 5.74) is 2.54. The molecule has 32 heavy (non-hydrogen) atoms. The van der Waals surface area contributed by atoms with Gasteiger partial charge in [-0.1, -0.05) is 44.4 Å². The van der Waals surface area contributed by atoms with Crippen LogP contribution in [-0.2, 0) is 19.4 Å². The van der Waals surface area contributed by atoms with Gasteiger partial charge in [0.25, 0.3) is 0 Å². The third kappa shape index (κ3) is 6.70. The highest BCUT2D eigenvalue weighted by atomic mass is 127. The first-order valence-corrected chi connectivity index (χ1v) is 11.8. The average Bonchev–Trinajstić information content (AvgIpc) is 3.44. The summed E-state index contributed by atoms with van der Waals surface area (Å²) in [6, 6.07) is 8.48. The standard InChI is InChI=1S/C24H35N7.HI/c1-2-23-30-29-18-31(23)15-14-26-24(28-16-19-8-4-3-5-9-19)25-13-12-20-17-27-22-11-7-6-10-21(20)22;/h6-7,10-11,17-19,27H,2-5,8-9,12-16H2,1H3,(H2,25,26,28);1H. The molecule has 0 atom stereocenters. The highest BCUT2D eigenvalue weighted by Crippen LogP contribution is 2.23. The number of aromatic nitrogens is 4. The largest absolute Gasteiger partial charge is 0.361 e. The summed E-state index contributed by atoms with van der Waals surface area (Å²) in [6.07, 6.45) is 12.5. The zero-order chi connectivity index (χ0) is 21.3. The van der Waals surface area contributed by atoms with E-state index in [2.05, 4.69) is 67.8 Å². The van der Waals surface area contributed by atoms with Gasteiger partial charge in [-0.3, -0.25) is 4.99 Å². The first-order valence-electron chi connectivity index (χ1n) is 11.8. The molecule has 2 heterocycles. The molecule has 1 aliphatic rings. The fourth-order valence-corrected chi connectivity index (χ4v) is 4.45. The number of halogens is 1. The molecule has 2 aromatic heterocycles. The van der Waals surface area contributed by atoms with Gasteiger partial charge in [0.05, 0.1) is 0 Å². The van der Waals surface area contributed by atoms with Gasteiger partial charge in [0.1, 0.15) is 12.2 Å². The number of hydrogen-bond donors (Lipinski definition) is 3. The van der Waals surface area contributed by atoms with Gasteiger partial charge in [-0.05, 0) is 36.8 Å². The van der Waals surface area contributed by atoms with Crippen LogP contribution >= 0.6 is 24.0 Å². The Bertz CT molecular complexity index is 972. The number of aliphatic imine (C=N–C) groups is 1. The van der Waals surface area contributed by atoms with Crippen molar-refractivity contribution in [2.45, 2.75) is 58.4 Å². The first-order chi connectivity index (χ1) is 15.3. The summed E-state index contributed by atoms with van der Waals surface area (Å²) < 4.78 is 2.11. The number of hydrogen-bond acceptors (Lipinski definition) is 3. The Morgan fingerprint density at radius 3 is 2.81 bits per heavy atom. The zero-order valence-corrected chi connectivity index (χ0v) is 21.3. The molecule has 7 nitrogen and oxygen atoms in total. The molecule has 1 fully saturated rings. The molecule has 174 valence electrons. The van der Waals surface area contributed by atoms with Crippen molar-refractivity contribution in [3.05, 3.63) is 48.2 Å². The predicted octanol–water partition coefficient (Wildman–Crippen LogP) is 4.30. The average molecular weight is 550 g/mol. The van der Waals surface area contributed by atoms with Crippen molar-refractivity contribution in [3.8, 4) is 0 Å². The number of nitrogens with one attached hydrogen (secondary N) is 3. The summed E-state index contributed by atoms with van der Waals surface area (Å²) in [5, 5.41) is 16.6. The lowest BCUT2D eigenvalue weighted by Gasteiger charge is -2.20. The van der Waals surface area contributed by atoms with Crippen LogP contribution in [0.1, 0.15) is 50.4 Å². The molecule has 0 unspecified atom stereocenters. The normalized spacial score (nSPS) is 15.0. The molecule has 3 aromatic rings. The molecule has 0 aliphatic heterocycles. The Hall–Kier alpha value is -2.10. The van der Waals surface area contributed by atoms with Crippen molar-refractivity contribution in [2.24, 2.45) is 10.9 Å². The minimum absolute atomic E-state index is 0. The number of H-pyrrole nitrogens is 1. The van der Waals surface area contributed by atoms with Gasteiger partial charge < -0.3 is 20.2 Å². The minimum Gasteiger partial charge on any atom is -0.361 e. The molecule has 8 heteroatoms. The SMILES string of the molecule is CCc1nncn1CCNC(=NCC1CCCCC1)NCCc1c[nH]c2ccccc12.I. The quantitative estimate of drug-likeness (QED) is 0.211. The first kappa shape index (κ1) is 24.5. The molecule has 1 aromatic carbocycles. The Kier molecular flexibility index (Phi) is 9.83. The van der Waals surface area contributed by atoms with E-state index in [1.54, 1.807) is 0 Å². The van der Waals surface area contributed by atoms with Crippen molar-refractivity contribution in [3.63, 3.8) is 0 Å². The Morgan fingerprint density at radius 1 is 1.16 bits per heavy atom. The number of nitrogens with zero attached hydrogens (tertiary/aromatic N) is 4. The molecule has 1 aliphatic carbocycles. The lowest BCUT2D eigenvalue weighted by molar-refractivity contribution is 0.366. The molecule has 0 spiro atoms. The number of benzene rings is 1. The second-order valence-electron chi connectivity index (χ2n) is 8.45. The lowest BCUT2D eigenvalue weighted by atomic mass is 9.89. The van der Waals surface area contributed by atoms with Gasteiger partial charge in [-0.15, -0.1) is 34.2 Å². The van der Waals surface area contributed by atoms with Crippen LogP contribution in [0.2, 0.25) is 0 Å². The fraction of sp³-hybridized carbons (Fsp3) is 0.542. The Balaban J connectivity index is 0.00000289. The van der Waals surface area contributed by atoms with E-state index in [-0.39, 0.29) is 24.0 Å². The Labute approximate surface area is 207 Å². The molecule has 0 saturated heterocycles. The fourth-order valence-electron chi connectivity index (χ4n) is 4.45. The van der Waals surface area contributed by atoms with E-state index in [0.717, 1.165) is 56.7 Å². The van der Waals surface area contributed by atoms with Crippen LogP contribution in [0.15, 0.2) is 41.8 Å². The third-order valence-corrected chi connectivity index (χ3v) is 6.25. The van der Waals surface area contributed by atoms with Gasteiger partial charge in [0, 0.05) is 49.7 Å². The van der Waals surface area contributed by atoms with E-state index >= 15 is 0 Å². The van der Waals surface area contributed by atoms with Gasteiger partial charge in [0.2, 0.25) is 0 Å². The zero-order valence-electron chi connectivity index (χ0n) is 19.0. The minimum atomic E-state index is 0. The van der Waals surface area contributed by atoms with Gasteiger partial charge >= 0.3 is 0 Å². The van der Waals surface area contributed by atoms with Crippen molar-refractivity contribution < 1.29 is 0 Å². The number of guanidine groups is 1. The van der Waals surface area contributed by atoms with Gasteiger partial charge in [-0.25, -0.2) is 0 Å². The topological polar surface area (TPSA) is 82.9 Å². The van der Waals surface area contributed by atoms with Gasteiger partial charge in [0.15, 0.2) is 5.96 Å². The third-order valence-electron chi connectivity index (χ3n) is 6.25. The van der Waals surface area contributed by atoms with Crippen LogP contribution < -0.4 is 10.6 Å². The van der Waals surface area contributed by atoms with E-state index in [1.165, 1.54) is 48.6 Å². The molecule has 0 amide bonds. The molecule has 1 saturated carbocycles. The maximum Gasteiger partial charge on any atom is 0.191 e. The van der Waals surface area contributed by atoms with Crippen LogP contribution in [0.4, 0.5) is 0 Å². The summed E-state index contributed by atoms with van der Waals surface area (Å²) in [4.78, 5) is 8.30. The van der Waals surface area contributed by atoms with E-state index in [4.69, 9.17) is 4.99 Å². The summed E-state index contributed by atoms with van der Waals surface area (Å²) in [6.45, 7) is 5.51. The summed E-state index contributed by atoms with van der Waals surface area (Å²) >= 11 is 0. The van der Waals surface area contributed by atoms with Crippen molar-refractivity contribution >= 4 is 40.8 Å². The highest BCUT2D eigenvalue weighted by molar-refractivity contribution is 14.0. The van der Waals surface area contributed by atoms with Crippen molar-refractivity contribution in [1.29, 1.82) is 0 Å². The van der Waals surface area contributed by atoms with Gasteiger partial charge in [-0.2, -0.15) is 0 Å². The van der Waals surface area contributed by atoms with Crippen LogP contribution in [0.5, 0.6) is 0 Å². The molecular weight excluding hydrogens is 513 g/mol. The van der Waals surface area contributed by atoms with E-state index in [0.29, 0.717) is 0 Å². The van der Waals surface area contributed by atoms with E-state index in [9.17, 15) is 0 Å². The van der Waals surface area contributed by atoms with E-state index in [1.807, 2.05) is 6.33 Å². The number of aromatic amines is 1. The highest BCUT2D eigenvalue weighted by Gasteiger charge is 2.13. The molecular formula is C24H36IN7. The van der Waals surface area contributed by atoms with Crippen LogP contribution in [0.25, 0.3) is 10.9 Å². The van der Waals surface area contributed by atoms with Crippen LogP contribution in [0, 0.1) is 5.92 Å². The number of aryl methyl sites for hydroxylation is 1. The lowest BCUT2D eigenvalue weighted by Crippen LogP contribution is -2.40. The number of para-hydroxylation sites is 1. The van der Waals surface area contributed by atoms with E-state index < -0.39 is 0 Å². The molecule has 0 bridgehead atoms. The van der Waals surface area contributed by atoms with Crippen LogP contribution in [-0.4, -0.2) is 45.3 Å². The second-order valence-corrected chi connectivity index (χ2v) is 8.45. The maximum atomic E-state index is 4.94. The summed E-state index contributed by atoms with van der Waals surface area (Å²) in [7, 11) is 0. The molecule has 3 N–H and O–H groups in total. The maximum absolute atomic E-state index is 4.94. The Morgan fingerprint density at radius 2 is 1.97 bits per heavy atom. The molecule has 4 rings (SSSR count). The summed E-state index contributed by atoms with van der Waals surface area (Å²) in [5.74, 6) is 2.66. The predicted molar refractivity (Wildman–Crippen MR) is 142 cm³/mol. The smallest absolute Gasteiger partial charge is 0.191 e.